The summed E-state index contributed by atoms with van der Waals surface area (Å²) in [6.07, 6.45) is 1.33. The smallest absolute Gasteiger partial charge is 0.151 e. The molecule has 0 bridgehead atoms. The van der Waals surface area contributed by atoms with Gasteiger partial charge in [0.2, 0.25) is 0 Å². The van der Waals surface area contributed by atoms with Crippen molar-refractivity contribution in [2.75, 3.05) is 0 Å². The summed E-state index contributed by atoms with van der Waals surface area (Å²) in [5, 5.41) is 1.06. The average molecular weight is 311 g/mol. The Morgan fingerprint density at radius 1 is 0.882 bits per heavy atom. The van der Waals surface area contributed by atoms with E-state index in [-0.39, 0.29) is 20.8 Å². The molecule has 1 aromatic heterocycles. The van der Waals surface area contributed by atoms with Gasteiger partial charge in [0.1, 0.15) is 5.69 Å². The zero-order chi connectivity index (χ0) is 12.6. The van der Waals surface area contributed by atoms with E-state index in [0.717, 1.165) is 6.07 Å². The van der Waals surface area contributed by atoms with E-state index in [1.165, 1.54) is 18.3 Å². The fourth-order valence-electron chi connectivity index (χ4n) is 1.32. The van der Waals surface area contributed by atoms with Crippen LogP contribution in [0.5, 0.6) is 0 Å². The molecule has 0 amide bonds. The molecule has 0 fully saturated rings. The Kier molecular flexibility index (Phi) is 3.79. The second-order valence-electron chi connectivity index (χ2n) is 3.23. The second kappa shape index (κ2) is 4.99. The molecular formula is C11H4Cl4FN. The summed E-state index contributed by atoms with van der Waals surface area (Å²) in [4.78, 5) is 3.89. The van der Waals surface area contributed by atoms with Gasteiger partial charge >= 0.3 is 0 Å². The molecule has 0 aliphatic heterocycles. The lowest BCUT2D eigenvalue weighted by Gasteiger charge is -2.07. The van der Waals surface area contributed by atoms with Gasteiger partial charge in [-0.05, 0) is 18.2 Å². The zero-order valence-corrected chi connectivity index (χ0v) is 11.2. The van der Waals surface area contributed by atoms with Crippen LogP contribution in [0.1, 0.15) is 0 Å². The van der Waals surface area contributed by atoms with E-state index in [4.69, 9.17) is 46.4 Å². The van der Waals surface area contributed by atoms with E-state index in [1.807, 2.05) is 0 Å². The van der Waals surface area contributed by atoms with Gasteiger partial charge in [-0.2, -0.15) is 0 Å². The number of hydrogen-bond acceptors (Lipinski definition) is 1. The highest BCUT2D eigenvalue weighted by Crippen LogP contribution is 2.35. The molecule has 0 saturated heterocycles. The first kappa shape index (κ1) is 12.9. The molecule has 0 unspecified atom stereocenters. The maximum atomic E-state index is 13.7. The molecule has 0 aliphatic carbocycles. The van der Waals surface area contributed by atoms with Crippen LogP contribution in [0.25, 0.3) is 11.3 Å². The van der Waals surface area contributed by atoms with Gasteiger partial charge < -0.3 is 0 Å². The summed E-state index contributed by atoms with van der Waals surface area (Å²) in [6, 6.07) is 4.06. The predicted octanol–water partition coefficient (Wildman–Crippen LogP) is 5.50. The number of nitrogens with zero attached hydrogens (tertiary/aromatic N) is 1. The van der Waals surface area contributed by atoms with Gasteiger partial charge in [0, 0.05) is 11.8 Å². The van der Waals surface area contributed by atoms with E-state index in [9.17, 15) is 4.39 Å². The molecule has 88 valence electrons. The minimum absolute atomic E-state index is 0.0815. The van der Waals surface area contributed by atoms with Gasteiger partial charge in [-0.3, -0.25) is 4.98 Å². The molecule has 2 aromatic rings. The van der Waals surface area contributed by atoms with Gasteiger partial charge in [-0.25, -0.2) is 4.39 Å². The molecule has 0 N–H and O–H groups in total. The summed E-state index contributed by atoms with van der Waals surface area (Å²) in [6.45, 7) is 0. The molecule has 1 aromatic carbocycles. The first-order chi connectivity index (χ1) is 7.99. The molecule has 0 spiro atoms. The van der Waals surface area contributed by atoms with Crippen molar-refractivity contribution < 1.29 is 4.39 Å². The third-order valence-electron chi connectivity index (χ3n) is 2.07. The normalized spacial score (nSPS) is 10.6. The summed E-state index contributed by atoms with van der Waals surface area (Å²) < 4.78 is 13.7. The van der Waals surface area contributed by atoms with Crippen LogP contribution in [-0.2, 0) is 0 Å². The SMILES string of the molecule is Fc1cc(Cl)cnc1-c1cc(Cl)c(Cl)cc1Cl. The maximum absolute atomic E-state index is 13.7. The number of benzene rings is 1. The van der Waals surface area contributed by atoms with E-state index < -0.39 is 5.82 Å². The number of aromatic nitrogens is 1. The van der Waals surface area contributed by atoms with Gasteiger partial charge in [0.15, 0.2) is 5.82 Å². The minimum atomic E-state index is -0.571. The highest BCUT2D eigenvalue weighted by molar-refractivity contribution is 6.44. The highest BCUT2D eigenvalue weighted by Gasteiger charge is 2.13. The van der Waals surface area contributed by atoms with Crippen LogP contribution in [0.2, 0.25) is 20.1 Å². The van der Waals surface area contributed by atoms with E-state index in [0.29, 0.717) is 10.6 Å². The number of rotatable bonds is 1. The lowest BCUT2D eigenvalue weighted by atomic mass is 10.1. The van der Waals surface area contributed by atoms with Crippen LogP contribution in [0.15, 0.2) is 24.4 Å². The van der Waals surface area contributed by atoms with E-state index in [2.05, 4.69) is 4.98 Å². The van der Waals surface area contributed by atoms with E-state index in [1.54, 1.807) is 0 Å². The Morgan fingerprint density at radius 2 is 1.53 bits per heavy atom. The first-order valence-electron chi connectivity index (χ1n) is 4.45. The lowest BCUT2D eigenvalue weighted by Crippen LogP contribution is -1.90. The van der Waals surface area contributed by atoms with Crippen molar-refractivity contribution in [1.29, 1.82) is 0 Å². The number of hydrogen-bond donors (Lipinski definition) is 0. The van der Waals surface area contributed by atoms with Crippen molar-refractivity contribution in [2.45, 2.75) is 0 Å². The molecule has 1 nitrogen and oxygen atoms in total. The van der Waals surface area contributed by atoms with Crippen molar-refractivity contribution in [1.82, 2.24) is 4.98 Å². The molecule has 0 aliphatic rings. The van der Waals surface area contributed by atoms with E-state index >= 15 is 0 Å². The molecule has 0 radical (unpaired) electrons. The Labute approximate surface area is 117 Å². The second-order valence-corrected chi connectivity index (χ2v) is 4.89. The monoisotopic (exact) mass is 309 g/mol. The van der Waals surface area contributed by atoms with Crippen molar-refractivity contribution in [3.63, 3.8) is 0 Å². The topological polar surface area (TPSA) is 12.9 Å². The van der Waals surface area contributed by atoms with Crippen LogP contribution in [0.4, 0.5) is 4.39 Å². The molecule has 0 saturated carbocycles. The van der Waals surface area contributed by atoms with Gasteiger partial charge in [-0.15, -0.1) is 0 Å². The van der Waals surface area contributed by atoms with Gasteiger partial charge in [0.05, 0.1) is 20.1 Å². The Bertz CT molecular complexity index is 586. The predicted molar refractivity (Wildman–Crippen MR) is 69.7 cm³/mol. The third-order valence-corrected chi connectivity index (χ3v) is 3.31. The lowest BCUT2D eigenvalue weighted by molar-refractivity contribution is 0.626. The molecule has 6 heteroatoms. The highest BCUT2D eigenvalue weighted by atomic mass is 35.5. The first-order valence-corrected chi connectivity index (χ1v) is 5.96. The average Bonchev–Trinajstić information content (AvgIpc) is 2.24. The van der Waals surface area contributed by atoms with Crippen molar-refractivity contribution in [2.24, 2.45) is 0 Å². The van der Waals surface area contributed by atoms with Crippen molar-refractivity contribution in [3.8, 4) is 11.3 Å². The molecular weight excluding hydrogens is 307 g/mol. The molecule has 0 atom stereocenters. The van der Waals surface area contributed by atoms with Crippen LogP contribution in [-0.4, -0.2) is 4.98 Å². The van der Waals surface area contributed by atoms with Crippen LogP contribution >= 0.6 is 46.4 Å². The summed E-state index contributed by atoms with van der Waals surface area (Å²) in [7, 11) is 0. The molecule has 17 heavy (non-hydrogen) atoms. The Hall–Kier alpha value is -0.540. The summed E-state index contributed by atoms with van der Waals surface area (Å²) >= 11 is 23.2. The largest absolute Gasteiger partial charge is 0.252 e. The van der Waals surface area contributed by atoms with Crippen LogP contribution in [0.3, 0.4) is 0 Å². The zero-order valence-electron chi connectivity index (χ0n) is 8.15. The fourth-order valence-corrected chi connectivity index (χ4v) is 2.10. The number of pyridine rings is 1. The van der Waals surface area contributed by atoms with Crippen molar-refractivity contribution >= 4 is 46.4 Å². The Morgan fingerprint density at radius 3 is 2.18 bits per heavy atom. The van der Waals surface area contributed by atoms with Crippen molar-refractivity contribution in [3.05, 3.63) is 50.3 Å². The standard InChI is InChI=1S/C11H4Cl4FN/c12-5-1-10(16)11(17-4-5)6-2-8(14)9(15)3-7(6)13/h1-4H. The summed E-state index contributed by atoms with van der Waals surface area (Å²) in [5.74, 6) is -0.571. The van der Waals surface area contributed by atoms with Gasteiger partial charge in [0.25, 0.3) is 0 Å². The maximum Gasteiger partial charge on any atom is 0.151 e. The minimum Gasteiger partial charge on any atom is -0.252 e. The fraction of sp³-hybridized carbons (Fsp3) is 0. The quantitative estimate of drug-likeness (QED) is 0.634. The molecule has 1 heterocycles. The third kappa shape index (κ3) is 2.66. The molecule has 2 rings (SSSR count). The Balaban J connectivity index is 2.64. The van der Waals surface area contributed by atoms with Gasteiger partial charge in [-0.1, -0.05) is 46.4 Å². The number of halogens is 5. The van der Waals surface area contributed by atoms with Crippen LogP contribution in [0, 0.1) is 5.82 Å². The van der Waals surface area contributed by atoms with Crippen LogP contribution < -0.4 is 0 Å². The summed E-state index contributed by atoms with van der Waals surface area (Å²) in [5.41, 5.74) is 0.452.